The van der Waals surface area contributed by atoms with Gasteiger partial charge in [0.25, 0.3) is 0 Å². The zero-order chi connectivity index (χ0) is 18.4. The number of nitrogens with zero attached hydrogens (tertiary/aromatic N) is 3. The molecule has 1 saturated carbocycles. The Hall–Kier alpha value is -2.97. The molecule has 0 saturated heterocycles. The van der Waals surface area contributed by atoms with E-state index in [0.717, 1.165) is 12.8 Å². The first kappa shape index (κ1) is 16.5. The Kier molecular flexibility index (Phi) is 3.67. The van der Waals surface area contributed by atoms with E-state index in [1.807, 2.05) is 0 Å². The summed E-state index contributed by atoms with van der Waals surface area (Å²) in [4.78, 5) is 7.49. The number of nitrogens with one attached hydrogen (secondary N) is 1. The van der Waals surface area contributed by atoms with Crippen molar-refractivity contribution in [1.29, 1.82) is 0 Å². The average molecular weight is 364 g/mol. The zero-order valence-electron chi connectivity index (χ0n) is 13.2. The summed E-state index contributed by atoms with van der Waals surface area (Å²) >= 11 is 0. The van der Waals surface area contributed by atoms with Crippen LogP contribution in [0, 0.1) is 5.82 Å². The van der Waals surface area contributed by atoms with Crippen molar-refractivity contribution in [3.63, 3.8) is 0 Å². The monoisotopic (exact) mass is 364 g/mol. The van der Waals surface area contributed by atoms with Crippen LogP contribution in [0.3, 0.4) is 0 Å². The van der Waals surface area contributed by atoms with Crippen molar-refractivity contribution < 1.29 is 22.1 Å². The fourth-order valence-corrected chi connectivity index (χ4v) is 2.74. The van der Waals surface area contributed by atoms with Gasteiger partial charge in [0.05, 0.1) is 5.54 Å². The van der Waals surface area contributed by atoms with E-state index < -0.39 is 17.6 Å². The summed E-state index contributed by atoms with van der Waals surface area (Å²) in [5, 5.41) is 6.51. The van der Waals surface area contributed by atoms with Crippen molar-refractivity contribution in [3.8, 4) is 11.4 Å². The van der Waals surface area contributed by atoms with Crippen LogP contribution in [0.25, 0.3) is 11.4 Å². The van der Waals surface area contributed by atoms with Gasteiger partial charge >= 0.3 is 12.1 Å². The SMILES string of the molecule is Fc1ccccc1C1(Nc2ccc(-c3noc(C(F)(F)F)n3)cn2)CC1. The van der Waals surface area contributed by atoms with Crippen molar-refractivity contribution in [2.24, 2.45) is 0 Å². The van der Waals surface area contributed by atoms with Gasteiger partial charge in [0.1, 0.15) is 11.6 Å². The summed E-state index contributed by atoms with van der Waals surface area (Å²) in [7, 11) is 0. The second-order valence-electron chi connectivity index (χ2n) is 6.04. The van der Waals surface area contributed by atoms with Crippen molar-refractivity contribution in [1.82, 2.24) is 15.1 Å². The lowest BCUT2D eigenvalue weighted by Gasteiger charge is -2.19. The van der Waals surface area contributed by atoms with Gasteiger partial charge in [-0.1, -0.05) is 23.4 Å². The maximum atomic E-state index is 14.0. The second kappa shape index (κ2) is 5.79. The highest BCUT2D eigenvalue weighted by Crippen LogP contribution is 2.48. The quantitative estimate of drug-likeness (QED) is 0.696. The fourth-order valence-electron chi connectivity index (χ4n) is 2.74. The van der Waals surface area contributed by atoms with Crippen molar-refractivity contribution in [3.05, 3.63) is 59.9 Å². The number of pyridine rings is 1. The highest BCUT2D eigenvalue weighted by atomic mass is 19.4. The Balaban J connectivity index is 1.54. The molecule has 0 aliphatic heterocycles. The summed E-state index contributed by atoms with van der Waals surface area (Å²) in [6.45, 7) is 0. The second-order valence-corrected chi connectivity index (χ2v) is 6.04. The average Bonchev–Trinajstić information content (AvgIpc) is 3.19. The van der Waals surface area contributed by atoms with E-state index in [-0.39, 0.29) is 17.2 Å². The molecule has 1 fully saturated rings. The van der Waals surface area contributed by atoms with Crippen molar-refractivity contribution in [2.75, 3.05) is 5.32 Å². The van der Waals surface area contributed by atoms with Gasteiger partial charge in [-0.15, -0.1) is 0 Å². The third-order valence-electron chi connectivity index (χ3n) is 4.20. The summed E-state index contributed by atoms with van der Waals surface area (Å²) in [5.74, 6) is -1.42. The summed E-state index contributed by atoms with van der Waals surface area (Å²) < 4.78 is 55.8. The first-order valence-electron chi connectivity index (χ1n) is 7.78. The van der Waals surface area contributed by atoms with E-state index in [9.17, 15) is 17.6 Å². The number of aromatic nitrogens is 3. The molecule has 5 nitrogen and oxygen atoms in total. The molecule has 3 aromatic rings. The molecule has 134 valence electrons. The number of rotatable bonds is 4. The lowest BCUT2D eigenvalue weighted by Crippen LogP contribution is -2.20. The van der Waals surface area contributed by atoms with E-state index in [1.54, 1.807) is 24.3 Å². The number of halogens is 4. The Morgan fingerprint density at radius 3 is 2.42 bits per heavy atom. The molecular weight excluding hydrogens is 352 g/mol. The standard InChI is InChI=1S/C17H12F4N4O/c18-12-4-2-1-3-11(12)16(7-8-16)24-13-6-5-10(9-22-13)14-23-15(26-25-14)17(19,20)21/h1-6,9H,7-8H2,(H,22,24). The molecule has 4 rings (SSSR count). The number of hydrogen-bond acceptors (Lipinski definition) is 5. The van der Waals surface area contributed by atoms with Crippen LogP contribution in [0.4, 0.5) is 23.4 Å². The predicted molar refractivity (Wildman–Crippen MR) is 83.5 cm³/mol. The third kappa shape index (κ3) is 3.00. The van der Waals surface area contributed by atoms with E-state index in [4.69, 9.17) is 0 Å². The summed E-state index contributed by atoms with van der Waals surface area (Å²) in [6, 6.07) is 9.63. The first-order chi connectivity index (χ1) is 12.4. The minimum Gasteiger partial charge on any atom is -0.360 e. The van der Waals surface area contributed by atoms with Crippen LogP contribution in [0.1, 0.15) is 24.3 Å². The zero-order valence-corrected chi connectivity index (χ0v) is 13.2. The normalized spacial score (nSPS) is 15.7. The highest BCUT2D eigenvalue weighted by Gasteiger charge is 2.46. The van der Waals surface area contributed by atoms with E-state index in [2.05, 4.69) is 25.0 Å². The predicted octanol–water partition coefficient (Wildman–Crippen LogP) is 4.39. The van der Waals surface area contributed by atoms with Gasteiger partial charge in [0.15, 0.2) is 0 Å². The maximum Gasteiger partial charge on any atom is 0.471 e. The van der Waals surface area contributed by atoms with Gasteiger partial charge in [0.2, 0.25) is 5.82 Å². The maximum absolute atomic E-state index is 14.0. The fraction of sp³-hybridized carbons (Fsp3) is 0.235. The van der Waals surface area contributed by atoms with Crippen molar-refractivity contribution in [2.45, 2.75) is 24.6 Å². The molecule has 2 aromatic heterocycles. The van der Waals surface area contributed by atoms with Gasteiger partial charge in [-0.2, -0.15) is 18.2 Å². The molecule has 0 spiro atoms. The molecule has 1 N–H and O–H groups in total. The molecule has 1 aliphatic carbocycles. The molecule has 0 unspecified atom stereocenters. The molecule has 0 atom stereocenters. The summed E-state index contributed by atoms with van der Waals surface area (Å²) in [6.07, 6.45) is -1.84. The Labute approximate surface area is 145 Å². The molecule has 1 aliphatic rings. The first-order valence-corrected chi connectivity index (χ1v) is 7.78. The summed E-state index contributed by atoms with van der Waals surface area (Å²) in [5.41, 5.74) is 0.347. The van der Waals surface area contributed by atoms with E-state index >= 15 is 0 Å². The molecule has 26 heavy (non-hydrogen) atoms. The van der Waals surface area contributed by atoms with Crippen molar-refractivity contribution >= 4 is 5.82 Å². The van der Waals surface area contributed by atoms with Gasteiger partial charge in [-0.3, -0.25) is 0 Å². The van der Waals surface area contributed by atoms with Gasteiger partial charge in [-0.05, 0) is 31.0 Å². The van der Waals surface area contributed by atoms with Crippen LogP contribution < -0.4 is 5.32 Å². The molecule has 9 heteroatoms. The minimum atomic E-state index is -4.70. The van der Waals surface area contributed by atoms with E-state index in [1.165, 1.54) is 18.3 Å². The topological polar surface area (TPSA) is 63.8 Å². The van der Waals surface area contributed by atoms with Crippen LogP contribution in [0.15, 0.2) is 47.1 Å². The Morgan fingerprint density at radius 2 is 1.85 bits per heavy atom. The largest absolute Gasteiger partial charge is 0.471 e. The molecule has 2 heterocycles. The Morgan fingerprint density at radius 1 is 1.08 bits per heavy atom. The number of benzene rings is 1. The number of anilines is 1. The lowest BCUT2D eigenvalue weighted by atomic mass is 10.0. The third-order valence-corrected chi connectivity index (χ3v) is 4.20. The van der Waals surface area contributed by atoms with Gasteiger partial charge < -0.3 is 9.84 Å². The van der Waals surface area contributed by atoms with Gasteiger partial charge in [0, 0.05) is 17.3 Å². The number of hydrogen-bond donors (Lipinski definition) is 1. The van der Waals surface area contributed by atoms with Crippen LogP contribution in [0.5, 0.6) is 0 Å². The van der Waals surface area contributed by atoms with Crippen LogP contribution in [0.2, 0.25) is 0 Å². The minimum absolute atomic E-state index is 0.202. The Bertz CT molecular complexity index is 932. The highest BCUT2D eigenvalue weighted by molar-refractivity contribution is 5.56. The van der Waals surface area contributed by atoms with Crippen LogP contribution in [-0.2, 0) is 11.7 Å². The molecule has 0 bridgehead atoms. The van der Waals surface area contributed by atoms with Gasteiger partial charge in [-0.25, -0.2) is 9.37 Å². The van der Waals surface area contributed by atoms with Crippen LogP contribution >= 0.6 is 0 Å². The molecule has 0 radical (unpaired) electrons. The molecular formula is C17H12F4N4O. The molecule has 0 amide bonds. The number of alkyl halides is 3. The van der Waals surface area contributed by atoms with Crippen LogP contribution in [-0.4, -0.2) is 15.1 Å². The van der Waals surface area contributed by atoms with E-state index in [0.29, 0.717) is 11.4 Å². The molecule has 1 aromatic carbocycles. The smallest absolute Gasteiger partial charge is 0.360 e. The lowest BCUT2D eigenvalue weighted by molar-refractivity contribution is -0.159.